The van der Waals surface area contributed by atoms with Crippen molar-refractivity contribution in [2.45, 2.75) is 30.4 Å². The molecule has 0 aromatic heterocycles. The average molecular weight is 313 g/mol. The lowest BCUT2D eigenvalue weighted by Crippen LogP contribution is -2.28. The summed E-state index contributed by atoms with van der Waals surface area (Å²) in [5, 5.41) is 2.94. The van der Waals surface area contributed by atoms with Crippen LogP contribution in [0.15, 0.2) is 29.2 Å². The maximum absolute atomic E-state index is 11.7. The van der Waals surface area contributed by atoms with Gasteiger partial charge < -0.3 is 10.1 Å². The van der Waals surface area contributed by atoms with Gasteiger partial charge in [0.2, 0.25) is 5.91 Å². The van der Waals surface area contributed by atoms with E-state index in [1.165, 1.54) is 11.8 Å². The topological polar surface area (TPSA) is 38.3 Å². The molecule has 0 atom stereocenters. The highest BCUT2D eigenvalue weighted by atomic mass is 32.2. The minimum atomic E-state index is 0.0836. The second-order valence-electron chi connectivity index (χ2n) is 5.27. The molecular formula is C15H23NO2S2. The first kappa shape index (κ1) is 17.2. The van der Waals surface area contributed by atoms with Crippen LogP contribution in [0.2, 0.25) is 0 Å². The number of carbonyl (C=O) groups is 1. The van der Waals surface area contributed by atoms with Gasteiger partial charge in [-0.3, -0.25) is 4.79 Å². The summed E-state index contributed by atoms with van der Waals surface area (Å²) in [4.78, 5) is 12.8. The highest BCUT2D eigenvalue weighted by Crippen LogP contribution is 2.22. The molecule has 0 radical (unpaired) electrons. The molecule has 0 bridgehead atoms. The lowest BCUT2D eigenvalue weighted by molar-refractivity contribution is -0.118. The Labute approximate surface area is 130 Å². The van der Waals surface area contributed by atoms with Gasteiger partial charge in [0.15, 0.2) is 0 Å². The molecule has 0 aliphatic heterocycles. The van der Waals surface area contributed by atoms with Gasteiger partial charge in [0.05, 0.1) is 12.9 Å². The van der Waals surface area contributed by atoms with Crippen LogP contribution in [0.25, 0.3) is 0 Å². The van der Waals surface area contributed by atoms with Crippen LogP contribution in [0.4, 0.5) is 0 Å². The monoisotopic (exact) mass is 313 g/mol. The number of rotatable bonds is 7. The molecule has 1 aromatic carbocycles. The van der Waals surface area contributed by atoms with Gasteiger partial charge in [0.1, 0.15) is 5.75 Å². The van der Waals surface area contributed by atoms with E-state index in [0.717, 1.165) is 22.9 Å². The number of carbonyl (C=O) groups excluding carboxylic acids is 1. The highest BCUT2D eigenvalue weighted by molar-refractivity contribution is 8.00. The van der Waals surface area contributed by atoms with Crippen LogP contribution in [0.3, 0.4) is 0 Å². The van der Waals surface area contributed by atoms with Crippen molar-refractivity contribution in [3.05, 3.63) is 24.3 Å². The van der Waals surface area contributed by atoms with Crippen molar-refractivity contribution < 1.29 is 9.53 Å². The molecule has 0 saturated carbocycles. The van der Waals surface area contributed by atoms with Crippen molar-refractivity contribution in [1.82, 2.24) is 5.32 Å². The van der Waals surface area contributed by atoms with Crippen LogP contribution in [0.5, 0.6) is 5.75 Å². The number of hydrogen-bond acceptors (Lipinski definition) is 4. The minimum absolute atomic E-state index is 0.0836. The Morgan fingerprint density at radius 2 is 1.90 bits per heavy atom. The molecule has 1 rings (SSSR count). The zero-order chi connectivity index (χ0) is 15.0. The molecule has 0 spiro atoms. The molecule has 3 nitrogen and oxygen atoms in total. The van der Waals surface area contributed by atoms with E-state index in [-0.39, 0.29) is 10.7 Å². The molecule has 1 aromatic rings. The molecule has 0 saturated heterocycles. The summed E-state index contributed by atoms with van der Waals surface area (Å²) in [5.74, 6) is 2.31. The first-order chi connectivity index (χ1) is 9.40. The molecular weight excluding hydrogens is 290 g/mol. The molecule has 20 heavy (non-hydrogen) atoms. The number of methoxy groups -OCH3 is 1. The molecule has 1 amide bonds. The molecule has 0 aliphatic rings. The lowest BCUT2D eigenvalue weighted by atomic mass is 10.3. The van der Waals surface area contributed by atoms with E-state index in [1.54, 1.807) is 7.11 Å². The Morgan fingerprint density at radius 1 is 1.25 bits per heavy atom. The lowest BCUT2D eigenvalue weighted by Gasteiger charge is -2.17. The predicted octanol–water partition coefficient (Wildman–Crippen LogP) is 3.44. The number of hydrogen-bond donors (Lipinski definition) is 1. The number of benzene rings is 1. The van der Waals surface area contributed by atoms with Crippen molar-refractivity contribution in [1.29, 1.82) is 0 Å². The van der Waals surface area contributed by atoms with E-state index in [9.17, 15) is 4.79 Å². The SMILES string of the molecule is COc1ccc(SCC(=O)NCCSC(C)(C)C)cc1. The smallest absolute Gasteiger partial charge is 0.230 e. The van der Waals surface area contributed by atoms with Crippen molar-refractivity contribution >= 4 is 29.4 Å². The van der Waals surface area contributed by atoms with Gasteiger partial charge in [0.25, 0.3) is 0 Å². The minimum Gasteiger partial charge on any atom is -0.497 e. The number of amides is 1. The maximum atomic E-state index is 11.7. The molecule has 5 heteroatoms. The van der Waals surface area contributed by atoms with E-state index >= 15 is 0 Å². The summed E-state index contributed by atoms with van der Waals surface area (Å²) in [6.07, 6.45) is 0. The van der Waals surface area contributed by atoms with Gasteiger partial charge in [-0.1, -0.05) is 20.8 Å². The highest BCUT2D eigenvalue weighted by Gasteiger charge is 2.10. The summed E-state index contributed by atoms with van der Waals surface area (Å²) >= 11 is 3.40. The van der Waals surface area contributed by atoms with Crippen molar-refractivity contribution in [2.24, 2.45) is 0 Å². The Morgan fingerprint density at radius 3 is 2.45 bits per heavy atom. The normalized spacial score (nSPS) is 11.2. The van der Waals surface area contributed by atoms with Crippen LogP contribution >= 0.6 is 23.5 Å². The fourth-order valence-corrected chi connectivity index (χ4v) is 2.96. The Bertz CT molecular complexity index is 413. The molecule has 0 heterocycles. The third kappa shape index (κ3) is 7.70. The van der Waals surface area contributed by atoms with Crippen LogP contribution in [0, 0.1) is 0 Å². The Kier molecular flexibility index (Phi) is 7.30. The van der Waals surface area contributed by atoms with Crippen molar-refractivity contribution in [2.75, 3.05) is 25.2 Å². The summed E-state index contributed by atoms with van der Waals surface area (Å²) < 4.78 is 5.35. The average Bonchev–Trinajstić information content (AvgIpc) is 2.41. The fourth-order valence-electron chi connectivity index (χ4n) is 1.42. The van der Waals surface area contributed by atoms with Crippen LogP contribution in [-0.2, 0) is 4.79 Å². The number of ether oxygens (including phenoxy) is 1. The molecule has 0 aliphatic carbocycles. The summed E-state index contributed by atoms with van der Waals surface area (Å²) in [7, 11) is 1.64. The fraction of sp³-hybridized carbons (Fsp3) is 0.533. The van der Waals surface area contributed by atoms with E-state index in [0.29, 0.717) is 5.75 Å². The van der Waals surface area contributed by atoms with Gasteiger partial charge in [0, 0.05) is 21.9 Å². The first-order valence-electron chi connectivity index (χ1n) is 6.58. The molecule has 112 valence electrons. The zero-order valence-electron chi connectivity index (χ0n) is 12.6. The third-order valence-electron chi connectivity index (χ3n) is 2.39. The predicted molar refractivity (Wildman–Crippen MR) is 88.9 cm³/mol. The Hall–Kier alpha value is -0.810. The van der Waals surface area contributed by atoms with Gasteiger partial charge in [-0.25, -0.2) is 0 Å². The van der Waals surface area contributed by atoms with Gasteiger partial charge in [-0.2, -0.15) is 11.8 Å². The van der Waals surface area contributed by atoms with Gasteiger partial charge in [-0.15, -0.1) is 11.8 Å². The van der Waals surface area contributed by atoms with Crippen LogP contribution in [0.1, 0.15) is 20.8 Å². The molecule has 0 unspecified atom stereocenters. The summed E-state index contributed by atoms with van der Waals surface area (Å²) in [6.45, 7) is 7.26. The van der Waals surface area contributed by atoms with Gasteiger partial charge >= 0.3 is 0 Å². The number of nitrogens with one attached hydrogen (secondary N) is 1. The third-order valence-corrected chi connectivity index (χ3v) is 4.67. The Balaban J connectivity index is 2.19. The second kappa shape index (κ2) is 8.47. The van der Waals surface area contributed by atoms with E-state index in [1.807, 2.05) is 36.0 Å². The van der Waals surface area contributed by atoms with E-state index in [2.05, 4.69) is 26.1 Å². The summed E-state index contributed by atoms with van der Waals surface area (Å²) in [6, 6.07) is 7.74. The second-order valence-corrected chi connectivity index (χ2v) is 8.25. The number of thioether (sulfide) groups is 2. The van der Waals surface area contributed by atoms with E-state index in [4.69, 9.17) is 4.74 Å². The molecule has 1 N–H and O–H groups in total. The van der Waals surface area contributed by atoms with Crippen molar-refractivity contribution in [3.8, 4) is 5.75 Å². The van der Waals surface area contributed by atoms with Crippen molar-refractivity contribution in [3.63, 3.8) is 0 Å². The largest absolute Gasteiger partial charge is 0.497 e. The van der Waals surface area contributed by atoms with Crippen LogP contribution in [-0.4, -0.2) is 35.8 Å². The first-order valence-corrected chi connectivity index (χ1v) is 8.55. The standard InChI is InChI=1S/C15H23NO2S2/c1-15(2,3)20-10-9-16-14(17)11-19-13-7-5-12(18-4)6-8-13/h5-8H,9-11H2,1-4H3,(H,16,17). The maximum Gasteiger partial charge on any atom is 0.230 e. The van der Waals surface area contributed by atoms with Gasteiger partial charge in [-0.05, 0) is 24.3 Å². The summed E-state index contributed by atoms with van der Waals surface area (Å²) in [5.41, 5.74) is 0. The quantitative estimate of drug-likeness (QED) is 0.618. The van der Waals surface area contributed by atoms with Crippen LogP contribution < -0.4 is 10.1 Å². The molecule has 0 fully saturated rings. The zero-order valence-corrected chi connectivity index (χ0v) is 14.2. The van der Waals surface area contributed by atoms with E-state index < -0.39 is 0 Å².